The predicted octanol–water partition coefficient (Wildman–Crippen LogP) is 3.55. The lowest BCUT2D eigenvalue weighted by molar-refractivity contribution is 0.612. The van der Waals surface area contributed by atoms with Gasteiger partial charge in [-0.15, -0.1) is 0 Å². The lowest BCUT2D eigenvalue weighted by Gasteiger charge is -2.08. The molecule has 1 aromatic carbocycles. The molecule has 0 saturated heterocycles. The molecule has 0 atom stereocenters. The normalized spacial score (nSPS) is 10.7. The fraction of sp³-hybridized carbons (Fsp3) is 0.308. The van der Waals surface area contributed by atoms with E-state index in [-0.39, 0.29) is 5.82 Å². The van der Waals surface area contributed by atoms with E-state index in [1.807, 2.05) is 25.6 Å². The van der Waals surface area contributed by atoms with Gasteiger partial charge >= 0.3 is 0 Å². The van der Waals surface area contributed by atoms with E-state index < -0.39 is 0 Å². The maximum absolute atomic E-state index is 13.6. The van der Waals surface area contributed by atoms with Gasteiger partial charge in [-0.05, 0) is 32.0 Å². The fourth-order valence-electron chi connectivity index (χ4n) is 1.89. The third kappa shape index (κ3) is 2.56. The second-order valence-electron chi connectivity index (χ2n) is 4.26. The highest BCUT2D eigenvalue weighted by atomic mass is 79.9. The quantitative estimate of drug-likeness (QED) is 0.939. The minimum atomic E-state index is -0.204. The van der Waals surface area contributed by atoms with Gasteiger partial charge in [0.25, 0.3) is 0 Å². The number of hydrogen-bond acceptors (Lipinski definition) is 2. The van der Waals surface area contributed by atoms with Gasteiger partial charge in [0.1, 0.15) is 5.82 Å². The Balaban J connectivity index is 2.19. The van der Waals surface area contributed by atoms with E-state index in [1.54, 1.807) is 12.1 Å². The van der Waals surface area contributed by atoms with Crippen LogP contribution in [0, 0.1) is 19.7 Å². The van der Waals surface area contributed by atoms with Gasteiger partial charge in [-0.1, -0.05) is 15.9 Å². The van der Waals surface area contributed by atoms with Crippen molar-refractivity contribution in [3.05, 3.63) is 45.4 Å². The first-order valence-electron chi connectivity index (χ1n) is 5.67. The number of halogens is 2. The molecule has 1 N–H and O–H groups in total. The molecule has 1 aromatic heterocycles. The van der Waals surface area contributed by atoms with Crippen LogP contribution < -0.4 is 5.32 Å². The van der Waals surface area contributed by atoms with Crippen LogP contribution in [0.2, 0.25) is 0 Å². The summed E-state index contributed by atoms with van der Waals surface area (Å²) in [7, 11) is 1.90. The lowest BCUT2D eigenvalue weighted by atomic mass is 10.2. The number of rotatable bonds is 3. The first kappa shape index (κ1) is 13.1. The first-order valence-corrected chi connectivity index (χ1v) is 6.46. The number of nitrogens with one attached hydrogen (secondary N) is 1. The average molecular weight is 312 g/mol. The number of benzene rings is 1. The second kappa shape index (κ2) is 5.10. The standard InChI is InChI=1S/C13H15BrFN3/c1-8-13(9(2)18(3)17-8)16-7-10-6-11(14)4-5-12(10)15/h4-6,16H,7H2,1-3H3. The van der Waals surface area contributed by atoms with Gasteiger partial charge in [0, 0.05) is 23.6 Å². The molecule has 0 amide bonds. The third-order valence-corrected chi connectivity index (χ3v) is 3.47. The molecule has 0 bridgehead atoms. The van der Waals surface area contributed by atoms with Crippen molar-refractivity contribution in [3.63, 3.8) is 0 Å². The van der Waals surface area contributed by atoms with Crippen molar-refractivity contribution in [2.24, 2.45) is 7.05 Å². The van der Waals surface area contributed by atoms with Crippen LogP contribution in [0.4, 0.5) is 10.1 Å². The number of nitrogens with zero attached hydrogens (tertiary/aromatic N) is 2. The van der Waals surface area contributed by atoms with Crippen molar-refractivity contribution in [3.8, 4) is 0 Å². The van der Waals surface area contributed by atoms with E-state index in [1.165, 1.54) is 6.07 Å². The zero-order valence-electron chi connectivity index (χ0n) is 10.6. The molecule has 0 aliphatic heterocycles. The summed E-state index contributed by atoms with van der Waals surface area (Å²) >= 11 is 3.34. The maximum Gasteiger partial charge on any atom is 0.128 e. The molecule has 2 rings (SSSR count). The van der Waals surface area contributed by atoms with E-state index in [2.05, 4.69) is 26.3 Å². The zero-order valence-corrected chi connectivity index (χ0v) is 12.2. The van der Waals surface area contributed by atoms with E-state index >= 15 is 0 Å². The Morgan fingerprint density at radius 1 is 1.39 bits per heavy atom. The molecule has 3 nitrogen and oxygen atoms in total. The molecule has 0 radical (unpaired) electrons. The summed E-state index contributed by atoms with van der Waals surface area (Å²) in [6, 6.07) is 4.94. The topological polar surface area (TPSA) is 29.9 Å². The number of aryl methyl sites for hydroxylation is 2. The first-order chi connectivity index (χ1) is 8.49. The van der Waals surface area contributed by atoms with Crippen LogP contribution in [-0.4, -0.2) is 9.78 Å². The van der Waals surface area contributed by atoms with Crippen LogP contribution in [0.1, 0.15) is 17.0 Å². The highest BCUT2D eigenvalue weighted by molar-refractivity contribution is 9.10. The summed E-state index contributed by atoms with van der Waals surface area (Å²) in [6.45, 7) is 4.37. The second-order valence-corrected chi connectivity index (χ2v) is 5.17. The summed E-state index contributed by atoms with van der Waals surface area (Å²) in [6.07, 6.45) is 0. The van der Waals surface area contributed by atoms with E-state index in [0.717, 1.165) is 21.5 Å². The fourth-order valence-corrected chi connectivity index (χ4v) is 2.30. The summed E-state index contributed by atoms with van der Waals surface area (Å²) < 4.78 is 16.3. The van der Waals surface area contributed by atoms with Gasteiger partial charge in [-0.2, -0.15) is 5.10 Å². The Bertz CT molecular complexity index is 578. The largest absolute Gasteiger partial charge is 0.378 e. The van der Waals surface area contributed by atoms with Gasteiger partial charge < -0.3 is 5.32 Å². The van der Waals surface area contributed by atoms with Crippen molar-refractivity contribution in [1.29, 1.82) is 0 Å². The van der Waals surface area contributed by atoms with Crippen molar-refractivity contribution in [2.45, 2.75) is 20.4 Å². The Kier molecular flexibility index (Phi) is 3.71. The molecule has 2 aromatic rings. The number of anilines is 1. The van der Waals surface area contributed by atoms with Gasteiger partial charge in [0.15, 0.2) is 0 Å². The molecule has 0 aliphatic carbocycles. The average Bonchev–Trinajstić information content (AvgIpc) is 2.55. The molecule has 5 heteroatoms. The van der Waals surface area contributed by atoms with Crippen molar-refractivity contribution < 1.29 is 4.39 Å². The molecular weight excluding hydrogens is 297 g/mol. The molecule has 0 aliphatic rings. The minimum Gasteiger partial charge on any atom is -0.378 e. The number of hydrogen-bond donors (Lipinski definition) is 1. The highest BCUT2D eigenvalue weighted by Gasteiger charge is 2.10. The SMILES string of the molecule is Cc1nn(C)c(C)c1NCc1cc(Br)ccc1F. The Morgan fingerprint density at radius 3 is 2.72 bits per heavy atom. The van der Waals surface area contributed by atoms with Crippen LogP contribution in [0.3, 0.4) is 0 Å². The van der Waals surface area contributed by atoms with Gasteiger partial charge in [0.05, 0.1) is 17.1 Å². The van der Waals surface area contributed by atoms with Crippen LogP contribution in [0.25, 0.3) is 0 Å². The minimum absolute atomic E-state index is 0.204. The highest BCUT2D eigenvalue weighted by Crippen LogP contribution is 2.21. The van der Waals surface area contributed by atoms with Crippen LogP contribution in [0.15, 0.2) is 22.7 Å². The summed E-state index contributed by atoms with van der Waals surface area (Å²) in [5, 5.41) is 7.56. The monoisotopic (exact) mass is 311 g/mol. The van der Waals surface area contributed by atoms with Crippen molar-refractivity contribution >= 4 is 21.6 Å². The molecule has 0 fully saturated rings. The molecular formula is C13H15BrFN3. The smallest absolute Gasteiger partial charge is 0.128 e. The summed E-state index contributed by atoms with van der Waals surface area (Å²) in [4.78, 5) is 0. The molecule has 96 valence electrons. The zero-order chi connectivity index (χ0) is 13.3. The summed E-state index contributed by atoms with van der Waals surface area (Å²) in [5.74, 6) is -0.204. The molecule has 1 heterocycles. The van der Waals surface area contributed by atoms with Crippen molar-refractivity contribution in [1.82, 2.24) is 9.78 Å². The van der Waals surface area contributed by atoms with Crippen LogP contribution >= 0.6 is 15.9 Å². The van der Waals surface area contributed by atoms with Crippen molar-refractivity contribution in [2.75, 3.05) is 5.32 Å². The number of aromatic nitrogens is 2. The lowest BCUT2D eigenvalue weighted by Crippen LogP contribution is -2.03. The Morgan fingerprint density at radius 2 is 2.11 bits per heavy atom. The summed E-state index contributed by atoms with van der Waals surface area (Å²) in [5.41, 5.74) is 3.57. The molecule has 0 spiro atoms. The van der Waals surface area contributed by atoms with Gasteiger partial charge in [-0.3, -0.25) is 4.68 Å². The van der Waals surface area contributed by atoms with Crippen LogP contribution in [-0.2, 0) is 13.6 Å². The van der Waals surface area contributed by atoms with E-state index in [0.29, 0.717) is 12.1 Å². The molecule has 0 unspecified atom stereocenters. The van der Waals surface area contributed by atoms with Crippen LogP contribution in [0.5, 0.6) is 0 Å². The molecule has 0 saturated carbocycles. The van der Waals surface area contributed by atoms with E-state index in [9.17, 15) is 4.39 Å². The van der Waals surface area contributed by atoms with E-state index in [4.69, 9.17) is 0 Å². The Labute approximate surface area is 114 Å². The molecule has 18 heavy (non-hydrogen) atoms. The van der Waals surface area contributed by atoms with Gasteiger partial charge in [-0.25, -0.2) is 4.39 Å². The predicted molar refractivity (Wildman–Crippen MR) is 74.1 cm³/mol. The maximum atomic E-state index is 13.6. The van der Waals surface area contributed by atoms with Gasteiger partial charge in [0.2, 0.25) is 0 Å². The Hall–Kier alpha value is -1.36. The third-order valence-electron chi connectivity index (χ3n) is 2.97.